The van der Waals surface area contributed by atoms with Gasteiger partial charge in [-0.15, -0.1) is 0 Å². The van der Waals surface area contributed by atoms with Crippen LogP contribution in [0.4, 0.5) is 13.2 Å². The number of hydrogen-bond donors (Lipinski definition) is 1. The number of alkyl halides is 3. The van der Waals surface area contributed by atoms with Crippen molar-refractivity contribution in [3.05, 3.63) is 59.2 Å². The van der Waals surface area contributed by atoms with E-state index >= 15 is 0 Å². The normalized spacial score (nSPS) is 11.6. The number of aliphatic hydroxyl groups is 1. The molecule has 0 unspecified atom stereocenters. The fraction of sp³-hybridized carbons (Fsp3) is 0.200. The molecule has 0 aliphatic carbocycles. The van der Waals surface area contributed by atoms with E-state index < -0.39 is 11.7 Å². The molecule has 0 heterocycles. The second-order valence-electron chi connectivity index (χ2n) is 4.39. The predicted molar refractivity (Wildman–Crippen MR) is 67.5 cm³/mol. The van der Waals surface area contributed by atoms with Gasteiger partial charge in [-0.05, 0) is 47.4 Å². The Bertz CT molecular complexity index is 588. The molecule has 2 rings (SSSR count). The summed E-state index contributed by atoms with van der Waals surface area (Å²) < 4.78 is 38.1. The van der Waals surface area contributed by atoms with E-state index in [1.807, 2.05) is 6.92 Å². The Labute approximate surface area is 109 Å². The van der Waals surface area contributed by atoms with Crippen molar-refractivity contribution in [2.24, 2.45) is 0 Å². The van der Waals surface area contributed by atoms with E-state index in [0.29, 0.717) is 16.7 Å². The zero-order chi connectivity index (χ0) is 14.0. The first-order valence-corrected chi connectivity index (χ1v) is 5.80. The van der Waals surface area contributed by atoms with Gasteiger partial charge in [0, 0.05) is 0 Å². The highest BCUT2D eigenvalue weighted by Crippen LogP contribution is 2.33. The number of aliphatic hydroxyl groups excluding tert-OH is 1. The Hall–Kier alpha value is -1.81. The van der Waals surface area contributed by atoms with Crippen LogP contribution in [0.3, 0.4) is 0 Å². The first-order valence-electron chi connectivity index (χ1n) is 5.80. The van der Waals surface area contributed by atoms with Crippen LogP contribution in [0, 0.1) is 6.92 Å². The van der Waals surface area contributed by atoms with Gasteiger partial charge in [-0.3, -0.25) is 0 Å². The summed E-state index contributed by atoms with van der Waals surface area (Å²) in [7, 11) is 0. The zero-order valence-electron chi connectivity index (χ0n) is 10.3. The van der Waals surface area contributed by atoms with Crippen molar-refractivity contribution in [1.82, 2.24) is 0 Å². The van der Waals surface area contributed by atoms with Crippen molar-refractivity contribution >= 4 is 0 Å². The van der Waals surface area contributed by atoms with Gasteiger partial charge in [-0.2, -0.15) is 13.2 Å². The van der Waals surface area contributed by atoms with E-state index in [2.05, 4.69) is 0 Å². The van der Waals surface area contributed by atoms with Crippen LogP contribution < -0.4 is 0 Å². The van der Waals surface area contributed by atoms with E-state index in [4.69, 9.17) is 5.11 Å². The van der Waals surface area contributed by atoms with Gasteiger partial charge < -0.3 is 5.11 Å². The number of rotatable bonds is 2. The van der Waals surface area contributed by atoms with E-state index in [0.717, 1.165) is 17.7 Å². The highest BCUT2D eigenvalue weighted by molar-refractivity contribution is 5.68. The monoisotopic (exact) mass is 266 g/mol. The van der Waals surface area contributed by atoms with Crippen LogP contribution in [0.2, 0.25) is 0 Å². The first-order chi connectivity index (χ1) is 8.91. The minimum atomic E-state index is -4.35. The number of benzene rings is 2. The molecular formula is C15H13F3O. The molecule has 100 valence electrons. The Morgan fingerprint density at radius 1 is 1.05 bits per heavy atom. The quantitative estimate of drug-likeness (QED) is 0.864. The van der Waals surface area contributed by atoms with Crippen LogP contribution in [-0.2, 0) is 12.8 Å². The third kappa shape index (κ3) is 2.96. The molecule has 2 aromatic carbocycles. The molecule has 2 aromatic rings. The summed E-state index contributed by atoms with van der Waals surface area (Å²) in [4.78, 5) is 0. The minimum absolute atomic E-state index is 0.133. The Balaban J connectivity index is 2.53. The molecule has 0 amide bonds. The van der Waals surface area contributed by atoms with E-state index in [1.165, 1.54) is 6.07 Å². The van der Waals surface area contributed by atoms with Gasteiger partial charge >= 0.3 is 6.18 Å². The van der Waals surface area contributed by atoms with Crippen molar-refractivity contribution in [3.63, 3.8) is 0 Å². The lowest BCUT2D eigenvalue weighted by Crippen LogP contribution is -2.04. The fourth-order valence-corrected chi connectivity index (χ4v) is 1.94. The molecule has 0 aliphatic rings. The van der Waals surface area contributed by atoms with E-state index in [-0.39, 0.29) is 6.61 Å². The minimum Gasteiger partial charge on any atom is -0.392 e. The summed E-state index contributed by atoms with van der Waals surface area (Å²) in [5, 5.41) is 9.10. The molecule has 19 heavy (non-hydrogen) atoms. The van der Waals surface area contributed by atoms with E-state index in [9.17, 15) is 13.2 Å². The maximum atomic E-state index is 12.7. The van der Waals surface area contributed by atoms with Crippen molar-refractivity contribution in [2.75, 3.05) is 0 Å². The van der Waals surface area contributed by atoms with Gasteiger partial charge in [0.1, 0.15) is 0 Å². The summed E-state index contributed by atoms with van der Waals surface area (Å²) in [5.41, 5.74) is 2.09. The van der Waals surface area contributed by atoms with Crippen molar-refractivity contribution in [1.29, 1.82) is 0 Å². The third-order valence-electron chi connectivity index (χ3n) is 2.99. The SMILES string of the molecule is Cc1ccc(CO)cc1-c1cccc(C(F)(F)F)c1. The highest BCUT2D eigenvalue weighted by atomic mass is 19.4. The molecule has 0 saturated carbocycles. The first kappa shape index (κ1) is 13.6. The zero-order valence-corrected chi connectivity index (χ0v) is 10.3. The van der Waals surface area contributed by atoms with Gasteiger partial charge in [0.25, 0.3) is 0 Å². The summed E-state index contributed by atoms with van der Waals surface area (Å²) in [5.74, 6) is 0. The van der Waals surface area contributed by atoms with Crippen LogP contribution in [0.15, 0.2) is 42.5 Å². The lowest BCUT2D eigenvalue weighted by molar-refractivity contribution is -0.137. The molecule has 1 nitrogen and oxygen atoms in total. The second kappa shape index (κ2) is 5.05. The molecule has 0 bridgehead atoms. The molecule has 0 saturated heterocycles. The lowest BCUT2D eigenvalue weighted by atomic mass is 9.97. The predicted octanol–water partition coefficient (Wildman–Crippen LogP) is 4.17. The van der Waals surface area contributed by atoms with Gasteiger partial charge in [-0.1, -0.05) is 24.3 Å². The van der Waals surface area contributed by atoms with Gasteiger partial charge in [0.2, 0.25) is 0 Å². The summed E-state index contributed by atoms with van der Waals surface area (Å²) in [6, 6.07) is 10.5. The average Bonchev–Trinajstić information content (AvgIpc) is 2.38. The average molecular weight is 266 g/mol. The van der Waals surface area contributed by atoms with Gasteiger partial charge in [-0.25, -0.2) is 0 Å². The second-order valence-corrected chi connectivity index (χ2v) is 4.39. The van der Waals surface area contributed by atoms with Crippen molar-refractivity contribution in [3.8, 4) is 11.1 Å². The fourth-order valence-electron chi connectivity index (χ4n) is 1.94. The molecule has 0 atom stereocenters. The molecular weight excluding hydrogens is 253 g/mol. The smallest absolute Gasteiger partial charge is 0.392 e. The lowest BCUT2D eigenvalue weighted by Gasteiger charge is -2.11. The summed E-state index contributed by atoms with van der Waals surface area (Å²) >= 11 is 0. The Morgan fingerprint density at radius 2 is 1.79 bits per heavy atom. The number of aryl methyl sites for hydroxylation is 1. The van der Waals surface area contributed by atoms with Crippen molar-refractivity contribution < 1.29 is 18.3 Å². The van der Waals surface area contributed by atoms with Crippen LogP contribution in [0.5, 0.6) is 0 Å². The van der Waals surface area contributed by atoms with E-state index in [1.54, 1.807) is 24.3 Å². The topological polar surface area (TPSA) is 20.2 Å². The molecule has 0 fully saturated rings. The maximum Gasteiger partial charge on any atom is 0.416 e. The molecule has 4 heteroatoms. The molecule has 0 aromatic heterocycles. The molecule has 0 spiro atoms. The number of halogens is 3. The largest absolute Gasteiger partial charge is 0.416 e. The van der Waals surface area contributed by atoms with Crippen LogP contribution in [0.25, 0.3) is 11.1 Å². The van der Waals surface area contributed by atoms with Crippen molar-refractivity contribution in [2.45, 2.75) is 19.7 Å². The summed E-state index contributed by atoms with van der Waals surface area (Å²) in [6.07, 6.45) is -4.35. The third-order valence-corrected chi connectivity index (χ3v) is 2.99. The highest BCUT2D eigenvalue weighted by Gasteiger charge is 2.30. The number of hydrogen-bond acceptors (Lipinski definition) is 1. The maximum absolute atomic E-state index is 12.7. The van der Waals surface area contributed by atoms with Crippen LogP contribution >= 0.6 is 0 Å². The standard InChI is InChI=1S/C15H13F3O/c1-10-5-6-11(9-19)7-14(10)12-3-2-4-13(8-12)15(16,17)18/h2-8,19H,9H2,1H3. The van der Waals surface area contributed by atoms with Crippen LogP contribution in [0.1, 0.15) is 16.7 Å². The van der Waals surface area contributed by atoms with Crippen LogP contribution in [-0.4, -0.2) is 5.11 Å². The molecule has 0 aliphatic heterocycles. The molecule has 0 radical (unpaired) electrons. The van der Waals surface area contributed by atoms with Gasteiger partial charge in [0.15, 0.2) is 0 Å². The Morgan fingerprint density at radius 3 is 2.42 bits per heavy atom. The summed E-state index contributed by atoms with van der Waals surface area (Å²) in [6.45, 7) is 1.70. The molecule has 1 N–H and O–H groups in total. The van der Waals surface area contributed by atoms with Gasteiger partial charge in [0.05, 0.1) is 12.2 Å². The Kier molecular flexibility index (Phi) is 3.62.